The Morgan fingerprint density at radius 1 is 1.17 bits per heavy atom. The molecule has 3 N–H and O–H groups in total. The SMILES string of the molecule is Cl.NC1CC2(C1)CC(NC(=O)c1ccccc1)C2. The summed E-state index contributed by atoms with van der Waals surface area (Å²) in [4.78, 5) is 11.9. The smallest absolute Gasteiger partial charge is 0.251 e. The summed E-state index contributed by atoms with van der Waals surface area (Å²) in [6.45, 7) is 0. The molecular weight excluding hydrogens is 248 g/mol. The van der Waals surface area contributed by atoms with Crippen molar-refractivity contribution in [1.29, 1.82) is 0 Å². The zero-order valence-electron chi connectivity index (χ0n) is 10.3. The fourth-order valence-electron chi connectivity index (χ4n) is 3.33. The molecule has 1 spiro atoms. The molecular formula is C14H19ClN2O. The van der Waals surface area contributed by atoms with Crippen molar-refractivity contribution < 1.29 is 4.79 Å². The van der Waals surface area contributed by atoms with Gasteiger partial charge in [0.15, 0.2) is 0 Å². The van der Waals surface area contributed by atoms with E-state index in [9.17, 15) is 4.79 Å². The van der Waals surface area contributed by atoms with Gasteiger partial charge in [-0.05, 0) is 43.2 Å². The lowest BCUT2D eigenvalue weighted by Crippen LogP contribution is -2.59. The Labute approximate surface area is 114 Å². The average molecular weight is 267 g/mol. The van der Waals surface area contributed by atoms with E-state index in [1.54, 1.807) is 0 Å². The van der Waals surface area contributed by atoms with Gasteiger partial charge in [0, 0.05) is 17.6 Å². The number of halogens is 1. The summed E-state index contributed by atoms with van der Waals surface area (Å²) in [6, 6.07) is 10.2. The van der Waals surface area contributed by atoms with E-state index in [2.05, 4.69) is 5.32 Å². The summed E-state index contributed by atoms with van der Waals surface area (Å²) in [6.07, 6.45) is 4.51. The molecule has 98 valence electrons. The minimum atomic E-state index is 0. The average Bonchev–Trinajstić information content (AvgIpc) is 2.25. The number of hydrogen-bond donors (Lipinski definition) is 2. The Hall–Kier alpha value is -1.06. The van der Waals surface area contributed by atoms with Gasteiger partial charge in [-0.3, -0.25) is 4.79 Å². The molecule has 2 fully saturated rings. The van der Waals surface area contributed by atoms with Crippen LogP contribution in [0.25, 0.3) is 0 Å². The van der Waals surface area contributed by atoms with E-state index in [-0.39, 0.29) is 18.3 Å². The summed E-state index contributed by atoms with van der Waals surface area (Å²) < 4.78 is 0. The Balaban J connectivity index is 0.00000120. The fraction of sp³-hybridized carbons (Fsp3) is 0.500. The number of hydrogen-bond acceptors (Lipinski definition) is 2. The summed E-state index contributed by atoms with van der Waals surface area (Å²) >= 11 is 0. The van der Waals surface area contributed by atoms with Crippen molar-refractivity contribution in [3.63, 3.8) is 0 Å². The molecule has 2 aliphatic carbocycles. The van der Waals surface area contributed by atoms with E-state index in [1.807, 2.05) is 30.3 Å². The van der Waals surface area contributed by atoms with Crippen molar-refractivity contribution in [3.8, 4) is 0 Å². The van der Waals surface area contributed by atoms with Crippen molar-refractivity contribution in [2.45, 2.75) is 37.8 Å². The number of carbonyl (C=O) groups is 1. The molecule has 1 amide bonds. The van der Waals surface area contributed by atoms with Crippen molar-refractivity contribution in [2.75, 3.05) is 0 Å². The first kappa shape index (κ1) is 13.4. The van der Waals surface area contributed by atoms with Crippen LogP contribution in [0.5, 0.6) is 0 Å². The topological polar surface area (TPSA) is 55.1 Å². The van der Waals surface area contributed by atoms with Crippen LogP contribution in [0, 0.1) is 5.41 Å². The monoisotopic (exact) mass is 266 g/mol. The third-order valence-corrected chi connectivity index (χ3v) is 4.12. The van der Waals surface area contributed by atoms with Crippen molar-refractivity contribution in [2.24, 2.45) is 11.1 Å². The molecule has 3 nitrogen and oxygen atoms in total. The van der Waals surface area contributed by atoms with Gasteiger partial charge in [0.05, 0.1) is 0 Å². The van der Waals surface area contributed by atoms with Crippen LogP contribution in [0.3, 0.4) is 0 Å². The molecule has 4 heteroatoms. The number of rotatable bonds is 2. The first-order valence-electron chi connectivity index (χ1n) is 6.28. The van der Waals surface area contributed by atoms with Crippen LogP contribution in [0.2, 0.25) is 0 Å². The van der Waals surface area contributed by atoms with E-state index in [4.69, 9.17) is 5.73 Å². The molecule has 1 aromatic rings. The molecule has 0 unspecified atom stereocenters. The number of nitrogens with one attached hydrogen (secondary N) is 1. The van der Waals surface area contributed by atoms with E-state index in [1.165, 1.54) is 0 Å². The van der Waals surface area contributed by atoms with Crippen LogP contribution < -0.4 is 11.1 Å². The van der Waals surface area contributed by atoms with Gasteiger partial charge in [-0.15, -0.1) is 12.4 Å². The predicted molar refractivity (Wildman–Crippen MR) is 73.8 cm³/mol. The molecule has 0 aliphatic heterocycles. The first-order chi connectivity index (χ1) is 8.17. The van der Waals surface area contributed by atoms with E-state index < -0.39 is 0 Å². The maximum atomic E-state index is 11.9. The Kier molecular flexibility index (Phi) is 3.64. The maximum absolute atomic E-state index is 11.9. The zero-order valence-corrected chi connectivity index (χ0v) is 11.1. The lowest BCUT2D eigenvalue weighted by Gasteiger charge is -2.57. The second-order valence-corrected chi connectivity index (χ2v) is 5.61. The van der Waals surface area contributed by atoms with Gasteiger partial charge in [0.1, 0.15) is 0 Å². The highest BCUT2D eigenvalue weighted by Crippen LogP contribution is 2.55. The molecule has 0 heterocycles. The van der Waals surface area contributed by atoms with Crippen LogP contribution in [-0.2, 0) is 0 Å². The molecule has 0 saturated heterocycles. The standard InChI is InChI=1S/C14H18N2O.ClH/c15-11-6-14(7-11)8-12(9-14)16-13(17)10-4-2-1-3-5-10;/h1-5,11-12H,6-9,15H2,(H,16,17);1H. The molecule has 0 radical (unpaired) electrons. The quantitative estimate of drug-likeness (QED) is 0.861. The number of carbonyl (C=O) groups excluding carboxylic acids is 1. The minimum Gasteiger partial charge on any atom is -0.349 e. The van der Waals surface area contributed by atoms with Crippen LogP contribution in [-0.4, -0.2) is 18.0 Å². The highest BCUT2D eigenvalue weighted by Gasteiger charge is 2.51. The Morgan fingerprint density at radius 2 is 1.78 bits per heavy atom. The summed E-state index contributed by atoms with van der Waals surface area (Å²) in [5, 5.41) is 3.09. The van der Waals surface area contributed by atoms with E-state index in [0.717, 1.165) is 31.2 Å². The molecule has 0 bridgehead atoms. The molecule has 0 aromatic heterocycles. The van der Waals surface area contributed by atoms with Crippen molar-refractivity contribution in [3.05, 3.63) is 35.9 Å². The van der Waals surface area contributed by atoms with E-state index in [0.29, 0.717) is 17.5 Å². The van der Waals surface area contributed by atoms with Gasteiger partial charge < -0.3 is 11.1 Å². The summed E-state index contributed by atoms with van der Waals surface area (Å²) in [7, 11) is 0. The second-order valence-electron chi connectivity index (χ2n) is 5.61. The largest absolute Gasteiger partial charge is 0.349 e. The normalized spacial score (nSPS) is 32.9. The van der Waals surface area contributed by atoms with Gasteiger partial charge in [-0.25, -0.2) is 0 Å². The summed E-state index contributed by atoms with van der Waals surface area (Å²) in [5.74, 6) is 0.0501. The fourth-order valence-corrected chi connectivity index (χ4v) is 3.33. The Morgan fingerprint density at radius 3 is 2.33 bits per heavy atom. The third kappa shape index (κ3) is 2.38. The van der Waals surface area contributed by atoms with Crippen molar-refractivity contribution >= 4 is 18.3 Å². The van der Waals surface area contributed by atoms with Crippen LogP contribution >= 0.6 is 12.4 Å². The Bertz CT molecular complexity index is 421. The lowest BCUT2D eigenvalue weighted by atomic mass is 9.52. The highest BCUT2D eigenvalue weighted by atomic mass is 35.5. The third-order valence-electron chi connectivity index (χ3n) is 4.12. The minimum absolute atomic E-state index is 0. The van der Waals surface area contributed by atoms with Crippen molar-refractivity contribution in [1.82, 2.24) is 5.32 Å². The van der Waals surface area contributed by atoms with Gasteiger partial charge in [-0.1, -0.05) is 18.2 Å². The first-order valence-corrected chi connectivity index (χ1v) is 6.28. The summed E-state index contributed by atoms with van der Waals surface area (Å²) in [5.41, 5.74) is 7.04. The lowest BCUT2D eigenvalue weighted by molar-refractivity contribution is -0.0159. The molecule has 3 rings (SSSR count). The van der Waals surface area contributed by atoms with Crippen LogP contribution in [0.4, 0.5) is 0 Å². The maximum Gasteiger partial charge on any atom is 0.251 e. The molecule has 18 heavy (non-hydrogen) atoms. The zero-order chi connectivity index (χ0) is 11.9. The molecule has 0 atom stereocenters. The molecule has 2 saturated carbocycles. The van der Waals surface area contributed by atoms with E-state index >= 15 is 0 Å². The number of amides is 1. The number of nitrogens with two attached hydrogens (primary N) is 1. The van der Waals surface area contributed by atoms with Crippen LogP contribution in [0.1, 0.15) is 36.0 Å². The number of benzene rings is 1. The van der Waals surface area contributed by atoms with Gasteiger partial charge >= 0.3 is 0 Å². The highest BCUT2D eigenvalue weighted by molar-refractivity contribution is 5.94. The second kappa shape index (κ2) is 4.90. The van der Waals surface area contributed by atoms with Gasteiger partial charge in [0.25, 0.3) is 5.91 Å². The molecule has 1 aromatic carbocycles. The van der Waals surface area contributed by atoms with Gasteiger partial charge in [-0.2, -0.15) is 0 Å². The van der Waals surface area contributed by atoms with Crippen LogP contribution in [0.15, 0.2) is 30.3 Å². The molecule has 2 aliphatic rings. The van der Waals surface area contributed by atoms with Gasteiger partial charge in [0.2, 0.25) is 0 Å². The predicted octanol–water partition coefficient (Wildman–Crippen LogP) is 2.11.